The molecule has 0 spiro atoms. The highest BCUT2D eigenvalue weighted by Gasteiger charge is 2.16. The number of hydrogen-bond donors (Lipinski definition) is 1. The van der Waals surface area contributed by atoms with Crippen LogP contribution in [0, 0.1) is 0 Å². The lowest BCUT2D eigenvalue weighted by atomic mass is 10.1. The van der Waals surface area contributed by atoms with E-state index in [0.717, 1.165) is 39.4 Å². The number of anilines is 1. The molecular weight excluding hydrogens is 348 g/mol. The first-order valence-corrected chi connectivity index (χ1v) is 9.42. The van der Waals surface area contributed by atoms with Crippen molar-refractivity contribution in [3.05, 3.63) is 54.1 Å². The van der Waals surface area contributed by atoms with Gasteiger partial charge in [0.05, 0.1) is 11.3 Å². The maximum Gasteiger partial charge on any atom is 0.234 e. The summed E-state index contributed by atoms with van der Waals surface area (Å²) in [5.74, 6) is 1.73. The number of aromatic nitrogens is 1. The molecule has 26 heavy (non-hydrogen) atoms. The van der Waals surface area contributed by atoms with Gasteiger partial charge in [0.25, 0.3) is 0 Å². The number of para-hydroxylation sites is 1. The number of carbonyl (C=O) groups excluding carboxylic acids is 1. The number of carbonyl (C=O) groups is 1. The topological polar surface area (TPSA) is 60.5 Å². The van der Waals surface area contributed by atoms with Gasteiger partial charge in [0.15, 0.2) is 11.5 Å². The summed E-state index contributed by atoms with van der Waals surface area (Å²) in [6.07, 6.45) is 0.847. The molecule has 0 saturated carbocycles. The molecule has 0 aliphatic carbocycles. The molecule has 132 valence electrons. The molecule has 0 atom stereocenters. The molecule has 0 bridgehead atoms. The van der Waals surface area contributed by atoms with E-state index in [0.29, 0.717) is 11.5 Å². The number of thioether (sulfide) groups is 1. The van der Waals surface area contributed by atoms with Gasteiger partial charge in [-0.25, -0.2) is 4.98 Å². The lowest BCUT2D eigenvalue weighted by Crippen LogP contribution is -2.14. The lowest BCUT2D eigenvalue weighted by Gasteiger charge is -2.10. The van der Waals surface area contributed by atoms with Crippen molar-refractivity contribution < 1.29 is 14.3 Å². The monoisotopic (exact) mass is 366 g/mol. The van der Waals surface area contributed by atoms with Gasteiger partial charge in [0.2, 0.25) is 12.7 Å². The minimum Gasteiger partial charge on any atom is -0.454 e. The van der Waals surface area contributed by atoms with Crippen molar-refractivity contribution in [3.8, 4) is 11.5 Å². The Morgan fingerprint density at radius 1 is 1.15 bits per heavy atom. The van der Waals surface area contributed by atoms with Crippen molar-refractivity contribution >= 4 is 34.3 Å². The largest absolute Gasteiger partial charge is 0.454 e. The second-order valence-electron chi connectivity index (χ2n) is 5.91. The zero-order valence-corrected chi connectivity index (χ0v) is 15.1. The summed E-state index contributed by atoms with van der Waals surface area (Å²) < 4.78 is 10.9. The second-order valence-corrected chi connectivity index (χ2v) is 6.87. The maximum absolute atomic E-state index is 12.2. The number of benzene rings is 2. The number of amides is 1. The summed E-state index contributed by atoms with van der Waals surface area (Å²) in [5.41, 5.74) is 2.76. The van der Waals surface area contributed by atoms with Gasteiger partial charge in [-0.3, -0.25) is 4.79 Å². The van der Waals surface area contributed by atoms with Crippen LogP contribution < -0.4 is 14.8 Å². The maximum atomic E-state index is 12.2. The van der Waals surface area contributed by atoms with E-state index in [1.54, 1.807) is 0 Å². The molecule has 0 radical (unpaired) electrons. The number of nitrogens with zero attached hydrogens (tertiary/aromatic N) is 1. The fourth-order valence-electron chi connectivity index (χ4n) is 2.82. The highest BCUT2D eigenvalue weighted by molar-refractivity contribution is 8.00. The predicted octanol–water partition coefficient (Wildman–Crippen LogP) is 4.26. The third-order valence-electron chi connectivity index (χ3n) is 4.13. The fraction of sp³-hybridized carbons (Fsp3) is 0.200. The van der Waals surface area contributed by atoms with Gasteiger partial charge in [0.1, 0.15) is 5.03 Å². The number of pyridine rings is 1. The Hall–Kier alpha value is -2.73. The first-order valence-electron chi connectivity index (χ1n) is 8.44. The first-order chi connectivity index (χ1) is 12.7. The highest BCUT2D eigenvalue weighted by Crippen LogP contribution is 2.37. The van der Waals surface area contributed by atoms with E-state index in [1.165, 1.54) is 11.8 Å². The van der Waals surface area contributed by atoms with Crippen LogP contribution >= 0.6 is 11.8 Å². The van der Waals surface area contributed by atoms with Crippen molar-refractivity contribution in [1.82, 2.24) is 4.98 Å². The Balaban J connectivity index is 1.53. The van der Waals surface area contributed by atoms with Gasteiger partial charge < -0.3 is 14.8 Å². The molecule has 0 saturated heterocycles. The first kappa shape index (κ1) is 16.7. The molecule has 1 N–H and O–H groups in total. The van der Waals surface area contributed by atoms with E-state index in [-0.39, 0.29) is 12.7 Å². The van der Waals surface area contributed by atoms with E-state index in [9.17, 15) is 4.79 Å². The van der Waals surface area contributed by atoms with Crippen molar-refractivity contribution in [3.63, 3.8) is 0 Å². The smallest absolute Gasteiger partial charge is 0.234 e. The molecule has 0 fully saturated rings. The van der Waals surface area contributed by atoms with Crippen molar-refractivity contribution in [2.75, 3.05) is 17.9 Å². The van der Waals surface area contributed by atoms with E-state index < -0.39 is 0 Å². The van der Waals surface area contributed by atoms with E-state index in [1.807, 2.05) is 42.5 Å². The molecule has 1 aliphatic heterocycles. The average molecular weight is 366 g/mol. The van der Waals surface area contributed by atoms with E-state index in [4.69, 9.17) is 14.5 Å². The van der Waals surface area contributed by atoms with Crippen molar-refractivity contribution in [2.24, 2.45) is 0 Å². The molecule has 3 aromatic rings. The highest BCUT2D eigenvalue weighted by atomic mass is 32.2. The zero-order valence-electron chi connectivity index (χ0n) is 14.3. The summed E-state index contributed by atoms with van der Waals surface area (Å²) in [6, 6.07) is 15.4. The van der Waals surface area contributed by atoms with Crippen LogP contribution in [0.5, 0.6) is 11.5 Å². The van der Waals surface area contributed by atoms with Gasteiger partial charge in [0, 0.05) is 17.1 Å². The lowest BCUT2D eigenvalue weighted by molar-refractivity contribution is -0.113. The Morgan fingerprint density at radius 3 is 2.69 bits per heavy atom. The van der Waals surface area contributed by atoms with E-state index >= 15 is 0 Å². The van der Waals surface area contributed by atoms with Crippen molar-refractivity contribution in [2.45, 2.75) is 18.4 Å². The molecule has 2 heterocycles. The van der Waals surface area contributed by atoms with Gasteiger partial charge in [-0.2, -0.15) is 0 Å². The normalized spacial score (nSPS) is 12.3. The summed E-state index contributed by atoms with van der Waals surface area (Å²) in [6.45, 7) is 2.33. The van der Waals surface area contributed by atoms with Crippen molar-refractivity contribution in [1.29, 1.82) is 0 Å². The van der Waals surface area contributed by atoms with Gasteiger partial charge in [-0.1, -0.05) is 36.9 Å². The van der Waals surface area contributed by atoms with Gasteiger partial charge in [-0.05, 0) is 36.2 Å². The number of fused-ring (bicyclic) bond motifs is 2. The molecule has 0 unspecified atom stereocenters. The molecule has 1 aliphatic rings. The molecule has 5 nitrogen and oxygen atoms in total. The van der Waals surface area contributed by atoms with Crippen LogP contribution in [-0.2, 0) is 11.2 Å². The fourth-order valence-corrected chi connectivity index (χ4v) is 3.71. The number of rotatable bonds is 5. The minimum atomic E-state index is -0.0455. The van der Waals surface area contributed by atoms with Gasteiger partial charge >= 0.3 is 0 Å². The van der Waals surface area contributed by atoms with Crippen LogP contribution in [0.4, 0.5) is 5.69 Å². The number of nitrogens with one attached hydrogen (secondary N) is 1. The molecule has 1 aromatic heterocycles. The van der Waals surface area contributed by atoms with Crippen LogP contribution in [0.3, 0.4) is 0 Å². The zero-order chi connectivity index (χ0) is 17.9. The molecule has 4 rings (SSSR count). The van der Waals surface area contributed by atoms with Crippen LogP contribution in [0.1, 0.15) is 12.5 Å². The Bertz CT molecular complexity index is 960. The standard InChI is InChI=1S/C20H18N2O3S/c1-2-13-8-14-9-17-18(25-12-24-17)10-16(14)22-20(13)26-11-19(23)21-15-6-4-3-5-7-15/h3-10H,2,11-12H2,1H3,(H,21,23). The number of hydrogen-bond acceptors (Lipinski definition) is 5. The SMILES string of the molecule is CCc1cc2cc3c(cc2nc1SCC(=O)Nc1ccccc1)OCO3. The Labute approximate surface area is 155 Å². The summed E-state index contributed by atoms with van der Waals surface area (Å²) in [7, 11) is 0. The third kappa shape index (κ3) is 3.46. The average Bonchev–Trinajstić information content (AvgIpc) is 3.11. The summed E-state index contributed by atoms with van der Waals surface area (Å²) in [5, 5.41) is 4.79. The quantitative estimate of drug-likeness (QED) is 0.684. The third-order valence-corrected chi connectivity index (χ3v) is 5.16. The minimum absolute atomic E-state index is 0.0455. The van der Waals surface area contributed by atoms with Gasteiger partial charge in [-0.15, -0.1) is 0 Å². The predicted molar refractivity (Wildman–Crippen MR) is 103 cm³/mol. The number of aryl methyl sites for hydroxylation is 1. The summed E-state index contributed by atoms with van der Waals surface area (Å²) in [4.78, 5) is 17.0. The van der Waals surface area contributed by atoms with E-state index in [2.05, 4.69) is 18.3 Å². The Morgan fingerprint density at radius 2 is 1.92 bits per heavy atom. The molecule has 6 heteroatoms. The molecule has 1 amide bonds. The van der Waals surface area contributed by atoms with Crippen LogP contribution in [-0.4, -0.2) is 23.4 Å². The van der Waals surface area contributed by atoms with Crippen LogP contribution in [0.15, 0.2) is 53.6 Å². The molecule has 2 aromatic carbocycles. The second kappa shape index (κ2) is 7.25. The van der Waals surface area contributed by atoms with Crippen LogP contribution in [0.25, 0.3) is 10.9 Å². The van der Waals surface area contributed by atoms with Crippen LogP contribution in [0.2, 0.25) is 0 Å². The molecular formula is C20H18N2O3S. The summed E-state index contributed by atoms with van der Waals surface area (Å²) >= 11 is 1.45. The number of ether oxygens (including phenoxy) is 2. The Kier molecular flexibility index (Phi) is 4.67.